The maximum absolute atomic E-state index is 12.8. The lowest BCUT2D eigenvalue weighted by Crippen LogP contribution is -2.53. The molecule has 0 aromatic heterocycles. The van der Waals surface area contributed by atoms with Gasteiger partial charge in [0, 0.05) is 12.8 Å². The number of amides is 5. The van der Waals surface area contributed by atoms with Crippen LogP contribution in [0.4, 0.5) is 0 Å². The zero-order chi connectivity index (χ0) is 25.2. The summed E-state index contributed by atoms with van der Waals surface area (Å²) in [7, 11) is 0. The molecule has 2 atom stereocenters. The number of phenols is 1. The highest BCUT2D eigenvalue weighted by Gasteiger charge is 2.25. The summed E-state index contributed by atoms with van der Waals surface area (Å²) in [5.74, 6) is -2.97. The molecule has 3 rings (SSSR count). The summed E-state index contributed by atoms with van der Waals surface area (Å²) in [5.41, 5.74) is 1.45. The third-order valence-corrected chi connectivity index (χ3v) is 5.25. The molecule has 0 radical (unpaired) electrons. The Bertz CT molecular complexity index is 1070. The number of aromatic hydroxyl groups is 1. The van der Waals surface area contributed by atoms with Crippen molar-refractivity contribution in [1.29, 1.82) is 0 Å². The summed E-state index contributed by atoms with van der Waals surface area (Å²) in [6.07, 6.45) is 0.265. The molecule has 6 N–H and O–H groups in total. The number of benzene rings is 2. The van der Waals surface area contributed by atoms with E-state index in [4.69, 9.17) is 0 Å². The molecule has 11 heteroatoms. The Balaban J connectivity index is 1.75. The van der Waals surface area contributed by atoms with Crippen LogP contribution in [0.3, 0.4) is 0 Å². The minimum absolute atomic E-state index is 0.0527. The topological polar surface area (TPSA) is 166 Å². The van der Waals surface area contributed by atoms with Gasteiger partial charge in [0.2, 0.25) is 29.5 Å². The molecule has 0 saturated carbocycles. The molecule has 184 valence electrons. The van der Waals surface area contributed by atoms with E-state index < -0.39 is 54.7 Å². The Hall–Kier alpha value is -4.41. The molecule has 2 aromatic carbocycles. The van der Waals surface area contributed by atoms with E-state index in [0.29, 0.717) is 5.56 Å². The fourth-order valence-electron chi connectivity index (χ4n) is 3.45. The number of carbonyl (C=O) groups is 5. The summed E-state index contributed by atoms with van der Waals surface area (Å²) >= 11 is 0. The highest BCUT2D eigenvalue weighted by molar-refractivity contribution is 5.95. The van der Waals surface area contributed by atoms with E-state index in [0.717, 1.165) is 5.56 Å². The van der Waals surface area contributed by atoms with Gasteiger partial charge in [0.25, 0.3) is 0 Å². The van der Waals surface area contributed by atoms with Gasteiger partial charge in [-0.3, -0.25) is 24.0 Å². The van der Waals surface area contributed by atoms with Gasteiger partial charge in [-0.2, -0.15) is 0 Å². The number of hydrogen-bond acceptors (Lipinski definition) is 6. The van der Waals surface area contributed by atoms with Crippen LogP contribution >= 0.6 is 0 Å². The molecule has 11 nitrogen and oxygen atoms in total. The van der Waals surface area contributed by atoms with Crippen LogP contribution in [0, 0.1) is 0 Å². The van der Waals surface area contributed by atoms with Crippen molar-refractivity contribution in [3.05, 3.63) is 65.7 Å². The van der Waals surface area contributed by atoms with Gasteiger partial charge in [0.1, 0.15) is 17.8 Å². The number of hydrogen-bond donors (Lipinski definition) is 6. The highest BCUT2D eigenvalue weighted by Crippen LogP contribution is 2.11. The fraction of sp³-hybridized carbons (Fsp3) is 0.292. The Kier molecular flexibility index (Phi) is 8.76. The first-order valence-corrected chi connectivity index (χ1v) is 11.0. The average Bonchev–Trinajstić information content (AvgIpc) is 2.85. The molecule has 1 saturated heterocycles. The number of nitrogens with one attached hydrogen (secondary N) is 5. The molecule has 2 aromatic rings. The van der Waals surface area contributed by atoms with Crippen LogP contribution in [0.5, 0.6) is 5.75 Å². The first-order chi connectivity index (χ1) is 16.8. The zero-order valence-corrected chi connectivity index (χ0v) is 18.9. The number of rotatable bonds is 4. The first-order valence-electron chi connectivity index (χ1n) is 11.0. The third-order valence-electron chi connectivity index (χ3n) is 5.25. The predicted molar refractivity (Wildman–Crippen MR) is 125 cm³/mol. The summed E-state index contributed by atoms with van der Waals surface area (Å²) in [5, 5.41) is 21.9. The lowest BCUT2D eigenvalue weighted by molar-refractivity contribution is -0.131. The fourth-order valence-corrected chi connectivity index (χ4v) is 3.45. The van der Waals surface area contributed by atoms with Gasteiger partial charge in [0.15, 0.2) is 0 Å². The van der Waals surface area contributed by atoms with E-state index in [1.165, 1.54) is 12.1 Å². The van der Waals surface area contributed by atoms with Gasteiger partial charge in [-0.1, -0.05) is 42.5 Å². The molecule has 1 fully saturated rings. The molecular formula is C24H27N5O6. The summed E-state index contributed by atoms with van der Waals surface area (Å²) < 4.78 is 0. The van der Waals surface area contributed by atoms with E-state index >= 15 is 0 Å². The van der Waals surface area contributed by atoms with E-state index in [1.54, 1.807) is 36.4 Å². The van der Waals surface area contributed by atoms with Gasteiger partial charge in [-0.05, 0) is 23.3 Å². The van der Waals surface area contributed by atoms with Crippen LogP contribution in [0.2, 0.25) is 0 Å². The zero-order valence-electron chi connectivity index (χ0n) is 18.9. The van der Waals surface area contributed by atoms with Crippen molar-refractivity contribution in [3.8, 4) is 5.75 Å². The van der Waals surface area contributed by atoms with Crippen molar-refractivity contribution < 1.29 is 29.1 Å². The van der Waals surface area contributed by atoms with Crippen molar-refractivity contribution in [3.63, 3.8) is 0 Å². The van der Waals surface area contributed by atoms with E-state index in [9.17, 15) is 29.1 Å². The molecule has 0 aliphatic carbocycles. The quantitative estimate of drug-likeness (QED) is 0.311. The van der Waals surface area contributed by atoms with Crippen LogP contribution in [-0.2, 0) is 36.8 Å². The molecular weight excluding hydrogens is 454 g/mol. The van der Waals surface area contributed by atoms with Crippen LogP contribution < -0.4 is 26.6 Å². The minimum atomic E-state index is -1.04. The predicted octanol–water partition coefficient (Wildman–Crippen LogP) is -1.49. The molecule has 35 heavy (non-hydrogen) atoms. The Morgan fingerprint density at radius 2 is 1.06 bits per heavy atom. The molecule has 0 spiro atoms. The van der Waals surface area contributed by atoms with E-state index in [2.05, 4.69) is 26.6 Å². The maximum atomic E-state index is 12.8. The van der Waals surface area contributed by atoms with Crippen LogP contribution in [0.25, 0.3) is 0 Å². The van der Waals surface area contributed by atoms with E-state index in [1.807, 2.05) is 6.07 Å². The SMILES string of the molecule is O=C1CNC(=O)[C@H](Cc2ccc(O)cc2)NC(=O)CNC(=O)[C@H](Cc2ccccc2)NC(=O)CN1. The second-order valence-corrected chi connectivity index (χ2v) is 8.01. The maximum Gasteiger partial charge on any atom is 0.243 e. The van der Waals surface area contributed by atoms with Crippen LogP contribution in [-0.4, -0.2) is 66.4 Å². The first kappa shape index (κ1) is 25.2. The van der Waals surface area contributed by atoms with Crippen LogP contribution in [0.1, 0.15) is 11.1 Å². The second-order valence-electron chi connectivity index (χ2n) is 8.01. The largest absolute Gasteiger partial charge is 0.508 e. The molecule has 5 amide bonds. The second kappa shape index (κ2) is 12.2. The van der Waals surface area contributed by atoms with Gasteiger partial charge in [-0.25, -0.2) is 0 Å². The van der Waals surface area contributed by atoms with Gasteiger partial charge in [0.05, 0.1) is 19.6 Å². The van der Waals surface area contributed by atoms with Gasteiger partial charge in [-0.15, -0.1) is 0 Å². The Labute approximate surface area is 201 Å². The summed E-state index contributed by atoms with van der Waals surface area (Å²) in [6, 6.07) is 13.1. The minimum Gasteiger partial charge on any atom is -0.508 e. The van der Waals surface area contributed by atoms with Gasteiger partial charge < -0.3 is 31.7 Å². The summed E-state index contributed by atoms with van der Waals surface area (Å²) in [4.78, 5) is 62.5. The van der Waals surface area contributed by atoms with Crippen molar-refractivity contribution in [2.75, 3.05) is 19.6 Å². The van der Waals surface area contributed by atoms with Crippen LogP contribution in [0.15, 0.2) is 54.6 Å². The van der Waals surface area contributed by atoms with Crippen molar-refractivity contribution in [1.82, 2.24) is 26.6 Å². The molecule has 1 aliphatic heterocycles. The Morgan fingerprint density at radius 3 is 1.60 bits per heavy atom. The van der Waals surface area contributed by atoms with Crippen molar-refractivity contribution in [2.45, 2.75) is 24.9 Å². The summed E-state index contributed by atoms with van der Waals surface area (Å²) in [6.45, 7) is -1.21. The molecule has 0 unspecified atom stereocenters. The number of phenolic OH excluding ortho intramolecular Hbond substituents is 1. The highest BCUT2D eigenvalue weighted by atomic mass is 16.3. The van der Waals surface area contributed by atoms with Gasteiger partial charge >= 0.3 is 0 Å². The monoisotopic (exact) mass is 481 g/mol. The third kappa shape index (κ3) is 8.14. The average molecular weight is 482 g/mol. The standard InChI is InChI=1S/C24H27N5O6/c30-17-8-6-16(7-9-17)11-19-23(34)26-12-20(31)25-13-21(32)28-18(10-15-4-2-1-3-5-15)24(35)27-14-22(33)29-19/h1-9,18-19,30H,10-14H2,(H,25,31)(H,26,34)(H,27,35)(H,28,32)(H,29,33)/t18-,19-/m0/s1. The lowest BCUT2D eigenvalue weighted by Gasteiger charge is -2.20. The molecule has 1 heterocycles. The molecule has 0 bridgehead atoms. The molecule has 1 aliphatic rings. The Morgan fingerprint density at radius 1 is 0.600 bits per heavy atom. The van der Waals surface area contributed by atoms with Crippen molar-refractivity contribution >= 4 is 29.5 Å². The number of carbonyl (C=O) groups excluding carboxylic acids is 5. The smallest absolute Gasteiger partial charge is 0.243 e. The van der Waals surface area contributed by atoms with Crippen molar-refractivity contribution in [2.24, 2.45) is 0 Å². The lowest BCUT2D eigenvalue weighted by atomic mass is 10.0. The van der Waals surface area contributed by atoms with E-state index in [-0.39, 0.29) is 25.1 Å². The normalized spacial score (nSPS) is 20.3.